The minimum absolute atomic E-state index is 0.153. The first-order valence-electron chi connectivity index (χ1n) is 9.05. The number of ether oxygens (including phenoxy) is 2. The Bertz CT molecular complexity index is 804. The zero-order valence-corrected chi connectivity index (χ0v) is 14.8. The van der Waals surface area contributed by atoms with Gasteiger partial charge in [0.2, 0.25) is 6.79 Å². The molecule has 4 rings (SSSR count). The molecule has 1 aromatic heterocycles. The van der Waals surface area contributed by atoms with Crippen LogP contribution in [0.5, 0.6) is 11.5 Å². The molecule has 26 heavy (non-hydrogen) atoms. The number of nitrogens with zero attached hydrogens (tertiary/aromatic N) is 3. The van der Waals surface area contributed by atoms with Gasteiger partial charge in [-0.3, -0.25) is 0 Å². The van der Waals surface area contributed by atoms with Crippen LogP contribution in [0, 0.1) is 0 Å². The number of benzene rings is 1. The van der Waals surface area contributed by atoms with Crippen LogP contribution in [0.3, 0.4) is 0 Å². The molecule has 1 unspecified atom stereocenters. The minimum Gasteiger partial charge on any atom is -0.454 e. The maximum Gasteiger partial charge on any atom is 0.315 e. The Hall–Kier alpha value is -2.77. The highest BCUT2D eigenvalue weighted by Crippen LogP contribution is 2.34. The first-order valence-corrected chi connectivity index (χ1v) is 9.05. The molecule has 2 aliphatic heterocycles. The molecule has 8 nitrogen and oxygen atoms in total. The van der Waals surface area contributed by atoms with Crippen molar-refractivity contribution in [3.63, 3.8) is 0 Å². The standard InChI is InChI=1S/C18H23N5O3/c1-12(13-6-7-14-15(9-13)26-11-25-14)20-18(24)19-10-17-22-21-16-5-3-2-4-8-23(16)17/h6-7,9,12H,2-5,8,10-11H2,1H3,(H2,19,20,24). The summed E-state index contributed by atoms with van der Waals surface area (Å²) >= 11 is 0. The zero-order chi connectivity index (χ0) is 17.9. The van der Waals surface area contributed by atoms with Gasteiger partial charge in [0.05, 0.1) is 12.6 Å². The Kier molecular flexibility index (Phi) is 4.64. The molecule has 2 aromatic rings. The van der Waals surface area contributed by atoms with Crippen molar-refractivity contribution in [2.75, 3.05) is 6.79 Å². The SMILES string of the molecule is CC(NC(=O)NCc1nnc2n1CCCCC2)c1ccc2c(c1)OCO2. The summed E-state index contributed by atoms with van der Waals surface area (Å²) in [6, 6.07) is 5.29. The van der Waals surface area contributed by atoms with E-state index in [0.29, 0.717) is 12.3 Å². The summed E-state index contributed by atoms with van der Waals surface area (Å²) in [7, 11) is 0. The van der Waals surface area contributed by atoms with Crippen LogP contribution in [-0.2, 0) is 19.5 Å². The van der Waals surface area contributed by atoms with E-state index >= 15 is 0 Å². The van der Waals surface area contributed by atoms with Gasteiger partial charge in [-0.1, -0.05) is 12.5 Å². The molecule has 0 spiro atoms. The van der Waals surface area contributed by atoms with Crippen molar-refractivity contribution in [3.8, 4) is 11.5 Å². The third-order valence-corrected chi connectivity index (χ3v) is 4.84. The fraction of sp³-hybridized carbons (Fsp3) is 0.500. The van der Waals surface area contributed by atoms with Gasteiger partial charge in [0.1, 0.15) is 5.82 Å². The third kappa shape index (κ3) is 3.44. The molecule has 0 aliphatic carbocycles. The van der Waals surface area contributed by atoms with Crippen LogP contribution in [0.2, 0.25) is 0 Å². The van der Waals surface area contributed by atoms with Gasteiger partial charge in [-0.15, -0.1) is 10.2 Å². The molecular weight excluding hydrogens is 334 g/mol. The fourth-order valence-corrected chi connectivity index (χ4v) is 3.35. The van der Waals surface area contributed by atoms with E-state index in [1.165, 1.54) is 6.42 Å². The normalized spacial score (nSPS) is 16.5. The quantitative estimate of drug-likeness (QED) is 0.876. The molecule has 8 heteroatoms. The van der Waals surface area contributed by atoms with Crippen LogP contribution >= 0.6 is 0 Å². The maximum atomic E-state index is 12.3. The second-order valence-corrected chi connectivity index (χ2v) is 6.66. The second-order valence-electron chi connectivity index (χ2n) is 6.66. The maximum absolute atomic E-state index is 12.3. The number of nitrogens with one attached hydrogen (secondary N) is 2. The lowest BCUT2D eigenvalue weighted by molar-refractivity contribution is 0.174. The summed E-state index contributed by atoms with van der Waals surface area (Å²) in [6.07, 6.45) is 4.45. The van der Waals surface area contributed by atoms with Gasteiger partial charge in [-0.25, -0.2) is 4.79 Å². The number of hydrogen-bond donors (Lipinski definition) is 2. The molecule has 138 valence electrons. The van der Waals surface area contributed by atoms with Gasteiger partial charge < -0.3 is 24.7 Å². The van der Waals surface area contributed by atoms with Crippen LogP contribution < -0.4 is 20.1 Å². The molecule has 0 saturated heterocycles. The van der Waals surface area contributed by atoms with E-state index in [0.717, 1.165) is 48.8 Å². The Morgan fingerprint density at radius 3 is 3.04 bits per heavy atom. The number of aryl methyl sites for hydroxylation is 1. The van der Waals surface area contributed by atoms with Crippen LogP contribution in [0.4, 0.5) is 4.79 Å². The number of fused-ring (bicyclic) bond motifs is 2. The molecule has 0 fully saturated rings. The smallest absolute Gasteiger partial charge is 0.315 e. The molecule has 0 bridgehead atoms. The average Bonchev–Trinajstić information content (AvgIpc) is 3.19. The molecule has 3 heterocycles. The van der Waals surface area contributed by atoms with Crippen LogP contribution in [0.25, 0.3) is 0 Å². The van der Waals surface area contributed by atoms with Gasteiger partial charge in [0, 0.05) is 13.0 Å². The van der Waals surface area contributed by atoms with Crippen molar-refractivity contribution < 1.29 is 14.3 Å². The zero-order valence-electron chi connectivity index (χ0n) is 14.8. The Balaban J connectivity index is 1.33. The van der Waals surface area contributed by atoms with Crippen LogP contribution in [0.15, 0.2) is 18.2 Å². The highest BCUT2D eigenvalue weighted by Gasteiger charge is 2.18. The summed E-state index contributed by atoms with van der Waals surface area (Å²) < 4.78 is 12.8. The summed E-state index contributed by atoms with van der Waals surface area (Å²) in [5.41, 5.74) is 0.959. The summed E-state index contributed by atoms with van der Waals surface area (Å²) in [5.74, 6) is 3.28. The number of rotatable bonds is 4. The molecule has 2 amide bonds. The fourth-order valence-electron chi connectivity index (χ4n) is 3.35. The third-order valence-electron chi connectivity index (χ3n) is 4.84. The number of urea groups is 1. The van der Waals surface area contributed by atoms with E-state index in [4.69, 9.17) is 9.47 Å². The van der Waals surface area contributed by atoms with Gasteiger partial charge in [-0.05, 0) is 37.5 Å². The largest absolute Gasteiger partial charge is 0.454 e. The van der Waals surface area contributed by atoms with E-state index in [1.54, 1.807) is 0 Å². The lowest BCUT2D eigenvalue weighted by atomic mass is 10.1. The van der Waals surface area contributed by atoms with Crippen LogP contribution in [0.1, 0.15) is 49.4 Å². The monoisotopic (exact) mass is 357 g/mol. The van der Waals surface area contributed by atoms with Gasteiger partial charge >= 0.3 is 6.03 Å². The molecule has 1 atom stereocenters. The first-order chi connectivity index (χ1) is 12.7. The topological polar surface area (TPSA) is 90.3 Å². The molecule has 2 N–H and O–H groups in total. The minimum atomic E-state index is -0.235. The number of carbonyl (C=O) groups excluding carboxylic acids is 1. The van der Waals surface area contributed by atoms with Crippen molar-refractivity contribution >= 4 is 6.03 Å². The van der Waals surface area contributed by atoms with Crippen molar-refractivity contribution in [2.24, 2.45) is 0 Å². The lowest BCUT2D eigenvalue weighted by Gasteiger charge is -2.15. The van der Waals surface area contributed by atoms with E-state index < -0.39 is 0 Å². The van der Waals surface area contributed by atoms with E-state index in [9.17, 15) is 4.79 Å². The summed E-state index contributed by atoms with van der Waals surface area (Å²) in [5, 5.41) is 14.3. The van der Waals surface area contributed by atoms with E-state index in [-0.39, 0.29) is 18.9 Å². The van der Waals surface area contributed by atoms with Crippen LogP contribution in [-0.4, -0.2) is 27.6 Å². The summed E-state index contributed by atoms with van der Waals surface area (Å²) in [6.45, 7) is 3.46. The number of aromatic nitrogens is 3. The van der Waals surface area contributed by atoms with Crippen molar-refractivity contribution in [2.45, 2.75) is 51.7 Å². The first kappa shape index (κ1) is 16.7. The predicted molar refractivity (Wildman–Crippen MR) is 93.9 cm³/mol. The van der Waals surface area contributed by atoms with Gasteiger partial charge in [0.15, 0.2) is 17.3 Å². The van der Waals surface area contributed by atoms with E-state index in [2.05, 4.69) is 25.4 Å². The highest BCUT2D eigenvalue weighted by atomic mass is 16.7. The summed E-state index contributed by atoms with van der Waals surface area (Å²) in [4.78, 5) is 12.3. The molecule has 1 aromatic carbocycles. The molecule has 0 saturated carbocycles. The number of hydrogen-bond acceptors (Lipinski definition) is 5. The van der Waals surface area contributed by atoms with E-state index in [1.807, 2.05) is 25.1 Å². The van der Waals surface area contributed by atoms with Crippen molar-refractivity contribution in [1.29, 1.82) is 0 Å². The van der Waals surface area contributed by atoms with Crippen molar-refractivity contribution in [3.05, 3.63) is 35.4 Å². The molecule has 2 aliphatic rings. The average molecular weight is 357 g/mol. The second kappa shape index (κ2) is 7.23. The Morgan fingerprint density at radius 1 is 1.23 bits per heavy atom. The Morgan fingerprint density at radius 2 is 2.12 bits per heavy atom. The highest BCUT2D eigenvalue weighted by molar-refractivity contribution is 5.74. The molecular formula is C18H23N5O3. The van der Waals surface area contributed by atoms with Crippen molar-refractivity contribution in [1.82, 2.24) is 25.4 Å². The molecule has 0 radical (unpaired) electrons. The number of carbonyl (C=O) groups is 1. The number of amides is 2. The van der Waals surface area contributed by atoms with Gasteiger partial charge in [-0.2, -0.15) is 0 Å². The lowest BCUT2D eigenvalue weighted by Crippen LogP contribution is -2.37. The Labute approximate surface area is 151 Å². The predicted octanol–water partition coefficient (Wildman–Crippen LogP) is 2.29. The van der Waals surface area contributed by atoms with Gasteiger partial charge in [0.25, 0.3) is 0 Å².